The van der Waals surface area contributed by atoms with Gasteiger partial charge in [0.05, 0.1) is 16.9 Å². The highest BCUT2D eigenvalue weighted by Gasteiger charge is 2.69. The fraction of sp³-hybridized carbons (Fsp3) is 0.417. The summed E-state index contributed by atoms with van der Waals surface area (Å²) in [5.74, 6) is -0.644. The van der Waals surface area contributed by atoms with Crippen LogP contribution in [0.25, 0.3) is 16.7 Å². The first kappa shape index (κ1) is 23.3. The predicted octanol–water partition coefficient (Wildman–Crippen LogP) is 2.59. The molecule has 3 aromatic rings. The van der Waals surface area contributed by atoms with Crippen molar-refractivity contribution in [2.24, 2.45) is 7.05 Å². The summed E-state index contributed by atoms with van der Waals surface area (Å²) in [6, 6.07) is 4.14. The van der Waals surface area contributed by atoms with Crippen molar-refractivity contribution in [2.75, 3.05) is 5.32 Å². The van der Waals surface area contributed by atoms with E-state index in [-0.39, 0.29) is 22.8 Å². The Kier molecular flexibility index (Phi) is 4.80. The van der Waals surface area contributed by atoms with Gasteiger partial charge >= 0.3 is 11.8 Å². The van der Waals surface area contributed by atoms with E-state index in [1.54, 1.807) is 13.0 Å². The summed E-state index contributed by atoms with van der Waals surface area (Å²) in [5.41, 5.74) is -1.98. The first-order chi connectivity index (χ1) is 17.0. The Morgan fingerprint density at radius 1 is 1.14 bits per heavy atom. The number of carboxylic acid groups (broad SMARTS) is 1. The number of fused-ring (bicyclic) bond motifs is 1. The molecule has 1 aromatic carbocycles. The second kappa shape index (κ2) is 7.43. The Morgan fingerprint density at radius 3 is 2.39 bits per heavy atom. The number of benzene rings is 1. The number of aromatic nitrogens is 3. The van der Waals surface area contributed by atoms with Gasteiger partial charge in [0, 0.05) is 27.8 Å². The minimum atomic E-state index is -1.09. The maximum atomic E-state index is 15.2. The summed E-state index contributed by atoms with van der Waals surface area (Å²) >= 11 is 1.97. The van der Waals surface area contributed by atoms with Crippen LogP contribution in [0.1, 0.15) is 43.7 Å². The molecule has 4 aliphatic rings. The topological polar surface area (TPSA) is 127 Å². The lowest BCUT2D eigenvalue weighted by atomic mass is 9.44. The van der Waals surface area contributed by atoms with E-state index in [4.69, 9.17) is 5.11 Å². The van der Waals surface area contributed by atoms with Gasteiger partial charge in [-0.3, -0.25) is 18.7 Å². The van der Waals surface area contributed by atoms with Gasteiger partial charge in [0.2, 0.25) is 0 Å². The molecule has 0 spiro atoms. The molecule has 3 N–H and O–H groups in total. The number of nitrogens with one attached hydrogen (secondary N) is 2. The number of anilines is 1. The highest BCUT2D eigenvalue weighted by atomic mass is 127. The number of halogens is 2. The van der Waals surface area contributed by atoms with Gasteiger partial charge in [0.1, 0.15) is 16.9 Å². The molecule has 1 amide bonds. The van der Waals surface area contributed by atoms with Crippen molar-refractivity contribution < 1.29 is 14.3 Å². The molecule has 0 unspecified atom stereocenters. The van der Waals surface area contributed by atoms with Gasteiger partial charge in [0.15, 0.2) is 0 Å². The number of amides is 1. The largest absolute Gasteiger partial charge is 0.465 e. The van der Waals surface area contributed by atoms with Gasteiger partial charge < -0.3 is 15.7 Å². The molecule has 188 valence electrons. The number of aryl methyl sites for hydroxylation is 1. The second-order valence-corrected chi connectivity index (χ2v) is 11.6. The molecule has 4 aliphatic carbocycles. The molecule has 2 heterocycles. The summed E-state index contributed by atoms with van der Waals surface area (Å²) < 4.78 is 19.3. The van der Waals surface area contributed by atoms with Crippen LogP contribution in [0, 0.1) is 16.3 Å². The smallest absolute Gasteiger partial charge is 0.405 e. The van der Waals surface area contributed by atoms with Crippen molar-refractivity contribution in [3.8, 4) is 5.69 Å². The summed E-state index contributed by atoms with van der Waals surface area (Å²) in [6.45, 7) is 1.61. The van der Waals surface area contributed by atoms with E-state index < -0.39 is 39.8 Å². The SMILES string of the molecule is Cc1c(NC23CC(NC(=O)O)(C2)C3)c2c(=O)n(C3CC3)c(=O)n(-c3ccc(I)cc3F)c2n(C)c1=O. The standard InChI is InChI=1S/C24H23FIN5O5/c1-11-17(27-23-8-24(9-23,10-23)28-21(34)35)16-18(29(2)19(11)32)31(15-6-3-12(26)7-14(15)25)22(36)30(20(16)33)13-4-5-13/h3,6-7,13,27-28H,4-5,8-10H2,1-2H3,(H,34,35). The van der Waals surface area contributed by atoms with E-state index in [0.717, 1.165) is 4.57 Å². The van der Waals surface area contributed by atoms with Crippen molar-refractivity contribution >= 4 is 45.4 Å². The summed E-state index contributed by atoms with van der Waals surface area (Å²) in [5, 5.41) is 15.2. The zero-order valence-electron chi connectivity index (χ0n) is 19.5. The quantitative estimate of drug-likeness (QED) is 0.383. The highest BCUT2D eigenvalue weighted by Crippen LogP contribution is 2.62. The van der Waals surface area contributed by atoms with Crippen molar-refractivity contribution in [1.82, 2.24) is 19.0 Å². The summed E-state index contributed by atoms with van der Waals surface area (Å²) in [7, 11) is 1.47. The number of pyridine rings is 1. The van der Waals surface area contributed by atoms with Gasteiger partial charge in [-0.15, -0.1) is 0 Å². The van der Waals surface area contributed by atoms with Crippen molar-refractivity contribution in [3.05, 3.63) is 64.3 Å². The van der Waals surface area contributed by atoms with Gasteiger partial charge in [-0.2, -0.15) is 0 Å². The van der Waals surface area contributed by atoms with Crippen molar-refractivity contribution in [2.45, 2.75) is 56.1 Å². The minimum absolute atomic E-state index is 0.0186. The highest BCUT2D eigenvalue weighted by molar-refractivity contribution is 14.1. The number of rotatable bonds is 5. The first-order valence-corrected chi connectivity index (χ1v) is 12.7. The molecule has 0 aliphatic heterocycles. The Morgan fingerprint density at radius 2 is 1.81 bits per heavy atom. The van der Waals surface area contributed by atoms with E-state index in [1.807, 2.05) is 22.6 Å². The molecule has 2 bridgehead atoms. The fourth-order valence-corrected chi connectivity index (χ4v) is 6.48. The van der Waals surface area contributed by atoms with Crippen LogP contribution in [-0.2, 0) is 7.05 Å². The molecular formula is C24H23FIN5O5. The molecule has 4 saturated carbocycles. The van der Waals surface area contributed by atoms with Crippen molar-refractivity contribution in [3.63, 3.8) is 0 Å². The van der Waals surface area contributed by atoms with Crippen LogP contribution >= 0.6 is 22.6 Å². The van der Waals surface area contributed by atoms with E-state index in [9.17, 15) is 19.2 Å². The van der Waals surface area contributed by atoms with Crippen LogP contribution < -0.4 is 27.4 Å². The Bertz CT molecular complexity index is 1670. The third-order valence-electron chi connectivity index (χ3n) is 7.69. The number of nitrogens with zero attached hydrogens (tertiary/aromatic N) is 3. The zero-order valence-corrected chi connectivity index (χ0v) is 21.7. The summed E-state index contributed by atoms with van der Waals surface area (Å²) in [6.07, 6.45) is 1.79. The number of hydrogen-bond donors (Lipinski definition) is 3. The molecule has 12 heteroatoms. The fourth-order valence-electron chi connectivity index (χ4n) is 6.03. The lowest BCUT2D eigenvalue weighted by Crippen LogP contribution is -2.81. The molecule has 7 rings (SSSR count). The van der Waals surface area contributed by atoms with Crippen LogP contribution in [-0.4, -0.2) is 36.0 Å². The molecule has 4 fully saturated rings. The van der Waals surface area contributed by atoms with Crippen LogP contribution in [0.3, 0.4) is 0 Å². The zero-order chi connectivity index (χ0) is 25.7. The molecule has 2 aromatic heterocycles. The third-order valence-corrected chi connectivity index (χ3v) is 8.36. The Balaban J connectivity index is 1.63. The van der Waals surface area contributed by atoms with Crippen LogP contribution in [0.5, 0.6) is 0 Å². The third kappa shape index (κ3) is 3.19. The van der Waals surface area contributed by atoms with Crippen molar-refractivity contribution in [1.29, 1.82) is 0 Å². The van der Waals surface area contributed by atoms with Crippen LogP contribution in [0.4, 0.5) is 14.9 Å². The van der Waals surface area contributed by atoms with Gasteiger partial charge in [-0.05, 0) is 79.8 Å². The lowest BCUT2D eigenvalue weighted by Gasteiger charge is -2.70. The number of carbonyl (C=O) groups is 1. The monoisotopic (exact) mass is 607 g/mol. The van der Waals surface area contributed by atoms with Gasteiger partial charge in [-0.25, -0.2) is 18.5 Å². The maximum absolute atomic E-state index is 15.2. The molecule has 36 heavy (non-hydrogen) atoms. The van der Waals surface area contributed by atoms with E-state index >= 15 is 4.39 Å². The molecule has 0 saturated heterocycles. The normalized spacial score (nSPS) is 24.2. The Hall–Kier alpha value is -3.16. The van der Waals surface area contributed by atoms with E-state index in [2.05, 4.69) is 10.6 Å². The molecular weight excluding hydrogens is 584 g/mol. The Labute approximate surface area is 216 Å². The summed E-state index contributed by atoms with van der Waals surface area (Å²) in [4.78, 5) is 51.9. The number of hydrogen-bond acceptors (Lipinski definition) is 5. The van der Waals surface area contributed by atoms with E-state index in [0.29, 0.717) is 46.9 Å². The predicted molar refractivity (Wildman–Crippen MR) is 139 cm³/mol. The first-order valence-electron chi connectivity index (χ1n) is 11.6. The second-order valence-electron chi connectivity index (χ2n) is 10.3. The average Bonchev–Trinajstić information content (AvgIpc) is 3.58. The average molecular weight is 607 g/mol. The van der Waals surface area contributed by atoms with Crippen LogP contribution in [0.15, 0.2) is 32.6 Å². The molecule has 0 atom stereocenters. The van der Waals surface area contributed by atoms with E-state index in [1.165, 1.54) is 28.3 Å². The maximum Gasteiger partial charge on any atom is 0.405 e. The lowest BCUT2D eigenvalue weighted by molar-refractivity contribution is -0.0572. The van der Waals surface area contributed by atoms with Gasteiger partial charge in [0.25, 0.3) is 11.1 Å². The molecule has 0 radical (unpaired) electrons. The van der Waals surface area contributed by atoms with Gasteiger partial charge in [-0.1, -0.05) is 0 Å². The molecule has 10 nitrogen and oxygen atoms in total. The van der Waals surface area contributed by atoms with Crippen LogP contribution in [0.2, 0.25) is 0 Å². The minimum Gasteiger partial charge on any atom is -0.465 e.